The van der Waals surface area contributed by atoms with Crippen molar-refractivity contribution in [2.45, 2.75) is 20.8 Å². The van der Waals surface area contributed by atoms with Gasteiger partial charge in [-0.2, -0.15) is 5.26 Å². The fourth-order valence-corrected chi connectivity index (χ4v) is 3.60. The van der Waals surface area contributed by atoms with Crippen LogP contribution in [0.4, 0.5) is 11.4 Å². The number of nitrogens with zero attached hydrogens (tertiary/aromatic N) is 1. The Morgan fingerprint density at radius 3 is 2.17 bits per heavy atom. The maximum Gasteiger partial charge on any atom is 0.266 e. The molecule has 0 aliphatic rings. The molecule has 0 aliphatic carbocycles. The molecule has 0 aliphatic heterocycles. The largest absolute Gasteiger partial charge is 0.490 e. The number of amides is 2. The summed E-state index contributed by atoms with van der Waals surface area (Å²) in [5.74, 6) is -0.421. The summed E-state index contributed by atoms with van der Waals surface area (Å²) in [6.45, 7) is 5.57. The van der Waals surface area contributed by atoms with Gasteiger partial charge in [-0.3, -0.25) is 9.59 Å². The molecule has 0 unspecified atom stereocenters. The van der Waals surface area contributed by atoms with Crippen molar-refractivity contribution in [3.63, 3.8) is 0 Å². The van der Waals surface area contributed by atoms with E-state index < -0.39 is 5.91 Å². The van der Waals surface area contributed by atoms with Crippen LogP contribution in [0.5, 0.6) is 11.5 Å². The highest BCUT2D eigenvalue weighted by molar-refractivity contribution is 6.32. The summed E-state index contributed by atoms with van der Waals surface area (Å²) in [6, 6.07) is 19.7. The van der Waals surface area contributed by atoms with Crippen molar-refractivity contribution in [3.05, 3.63) is 87.9 Å². The van der Waals surface area contributed by atoms with Crippen molar-refractivity contribution in [2.24, 2.45) is 0 Å². The SMILES string of the molecule is CCOc1cc(/C=C(/C#N)C(=O)Nc2ccccc2C)cc(Cl)c1OCC(=O)Nc1ccccc1C. The van der Waals surface area contributed by atoms with Crippen molar-refractivity contribution in [2.75, 3.05) is 23.8 Å². The number of nitrogens with one attached hydrogen (secondary N) is 2. The molecule has 3 aromatic rings. The Labute approximate surface area is 215 Å². The molecule has 8 heteroatoms. The van der Waals surface area contributed by atoms with Gasteiger partial charge in [-0.25, -0.2) is 0 Å². The van der Waals surface area contributed by atoms with Gasteiger partial charge in [-0.1, -0.05) is 48.0 Å². The Morgan fingerprint density at radius 2 is 1.58 bits per heavy atom. The molecule has 0 aromatic heterocycles. The summed E-state index contributed by atoms with van der Waals surface area (Å²) in [4.78, 5) is 25.1. The third-order valence-electron chi connectivity index (χ3n) is 5.17. The second-order valence-corrected chi connectivity index (χ2v) is 8.26. The summed E-state index contributed by atoms with van der Waals surface area (Å²) in [6.07, 6.45) is 1.41. The Kier molecular flexibility index (Phi) is 9.09. The van der Waals surface area contributed by atoms with Gasteiger partial charge in [0.2, 0.25) is 0 Å². The highest BCUT2D eigenvalue weighted by atomic mass is 35.5. The number of carbonyl (C=O) groups is 2. The van der Waals surface area contributed by atoms with E-state index in [1.807, 2.05) is 50.2 Å². The molecule has 0 bridgehead atoms. The molecule has 7 nitrogen and oxygen atoms in total. The lowest BCUT2D eigenvalue weighted by Crippen LogP contribution is -2.21. The first-order valence-electron chi connectivity index (χ1n) is 11.3. The van der Waals surface area contributed by atoms with E-state index >= 15 is 0 Å². The minimum atomic E-state index is -0.547. The van der Waals surface area contributed by atoms with Crippen molar-refractivity contribution in [3.8, 4) is 17.6 Å². The summed E-state index contributed by atoms with van der Waals surface area (Å²) >= 11 is 6.45. The lowest BCUT2D eigenvalue weighted by atomic mass is 10.1. The number of anilines is 2. The second kappa shape index (κ2) is 12.4. The Bertz CT molecular complexity index is 1340. The van der Waals surface area contributed by atoms with Crippen molar-refractivity contribution in [1.29, 1.82) is 5.26 Å². The van der Waals surface area contributed by atoms with Crippen molar-refractivity contribution < 1.29 is 19.1 Å². The van der Waals surface area contributed by atoms with Crippen LogP contribution in [0.2, 0.25) is 5.02 Å². The first-order valence-corrected chi connectivity index (χ1v) is 11.6. The molecule has 3 rings (SSSR count). The average Bonchev–Trinajstić information content (AvgIpc) is 2.85. The van der Waals surface area contributed by atoms with Crippen LogP contribution in [-0.4, -0.2) is 25.0 Å². The number of para-hydroxylation sites is 2. The van der Waals surface area contributed by atoms with E-state index in [1.54, 1.807) is 31.2 Å². The summed E-state index contributed by atoms with van der Waals surface area (Å²) in [5.41, 5.74) is 3.47. The van der Waals surface area contributed by atoms with Crippen LogP contribution >= 0.6 is 11.6 Å². The van der Waals surface area contributed by atoms with Gasteiger partial charge in [-0.15, -0.1) is 0 Å². The highest BCUT2D eigenvalue weighted by Crippen LogP contribution is 2.37. The van der Waals surface area contributed by atoms with E-state index in [4.69, 9.17) is 21.1 Å². The van der Waals surface area contributed by atoms with Crippen LogP contribution < -0.4 is 20.1 Å². The van der Waals surface area contributed by atoms with Gasteiger partial charge in [-0.05, 0) is 67.8 Å². The third kappa shape index (κ3) is 6.87. The first-order chi connectivity index (χ1) is 17.3. The number of aryl methyl sites for hydroxylation is 2. The fourth-order valence-electron chi connectivity index (χ4n) is 3.33. The van der Waals surface area contributed by atoms with E-state index in [0.29, 0.717) is 23.5 Å². The zero-order chi connectivity index (χ0) is 26.1. The molecule has 0 saturated heterocycles. The van der Waals surface area contributed by atoms with Gasteiger partial charge >= 0.3 is 0 Å². The molecule has 36 heavy (non-hydrogen) atoms. The Balaban J connectivity index is 1.79. The van der Waals surface area contributed by atoms with E-state index in [1.165, 1.54) is 12.1 Å². The molecule has 0 saturated carbocycles. The average molecular weight is 504 g/mol. The third-order valence-corrected chi connectivity index (χ3v) is 5.45. The molecule has 2 amide bonds. The monoisotopic (exact) mass is 503 g/mol. The number of ether oxygens (including phenoxy) is 2. The molecule has 0 atom stereocenters. The van der Waals surface area contributed by atoms with Crippen LogP contribution in [0.25, 0.3) is 6.08 Å². The number of halogens is 1. The lowest BCUT2D eigenvalue weighted by Gasteiger charge is -2.15. The first kappa shape index (κ1) is 26.3. The number of benzene rings is 3. The minimum absolute atomic E-state index is 0.108. The zero-order valence-electron chi connectivity index (χ0n) is 20.2. The van der Waals surface area contributed by atoms with Crippen molar-refractivity contribution in [1.82, 2.24) is 0 Å². The molecular formula is C28H26ClN3O4. The highest BCUT2D eigenvalue weighted by Gasteiger charge is 2.16. The van der Waals surface area contributed by atoms with Crippen molar-refractivity contribution >= 4 is 40.9 Å². The molecule has 2 N–H and O–H groups in total. The van der Waals surface area contributed by atoms with Gasteiger partial charge in [0.25, 0.3) is 11.8 Å². The van der Waals surface area contributed by atoms with Gasteiger partial charge in [0.1, 0.15) is 11.6 Å². The summed E-state index contributed by atoms with van der Waals surface area (Å²) < 4.78 is 11.3. The quantitative estimate of drug-likeness (QED) is 0.279. The van der Waals surface area contributed by atoms with E-state index in [0.717, 1.165) is 11.1 Å². The van der Waals surface area contributed by atoms with Crippen LogP contribution in [-0.2, 0) is 9.59 Å². The molecule has 184 valence electrons. The van der Waals surface area contributed by atoms with Crippen LogP contribution in [0.3, 0.4) is 0 Å². The number of hydrogen-bond donors (Lipinski definition) is 2. The maximum absolute atomic E-state index is 12.7. The zero-order valence-corrected chi connectivity index (χ0v) is 21.0. The van der Waals surface area contributed by atoms with Gasteiger partial charge < -0.3 is 20.1 Å². The minimum Gasteiger partial charge on any atom is -0.490 e. The number of carbonyl (C=O) groups excluding carboxylic acids is 2. The van der Waals surface area contributed by atoms with Gasteiger partial charge in [0.15, 0.2) is 18.1 Å². The maximum atomic E-state index is 12.7. The van der Waals surface area contributed by atoms with E-state index in [9.17, 15) is 14.9 Å². The van der Waals surface area contributed by atoms with Crippen LogP contribution in [0.15, 0.2) is 66.2 Å². The lowest BCUT2D eigenvalue weighted by molar-refractivity contribution is -0.118. The molecule has 3 aromatic carbocycles. The smallest absolute Gasteiger partial charge is 0.266 e. The van der Waals surface area contributed by atoms with Gasteiger partial charge in [0.05, 0.1) is 11.6 Å². The second-order valence-electron chi connectivity index (χ2n) is 7.85. The molecule has 0 radical (unpaired) electrons. The summed E-state index contributed by atoms with van der Waals surface area (Å²) in [7, 11) is 0. The van der Waals surface area contributed by atoms with Gasteiger partial charge in [0, 0.05) is 11.4 Å². The number of rotatable bonds is 9. The normalized spacial score (nSPS) is 10.8. The number of nitriles is 1. The molecule has 0 spiro atoms. The standard InChI is InChI=1S/C28H26ClN3O4/c1-4-35-25-15-20(13-21(16-30)28(34)32-24-12-8-6-10-19(24)3)14-22(29)27(25)36-17-26(33)31-23-11-7-5-9-18(23)2/h5-15H,4,17H2,1-3H3,(H,31,33)(H,32,34)/b21-13-. The molecule has 0 fully saturated rings. The van der Waals surface area contributed by atoms with E-state index in [-0.39, 0.29) is 34.6 Å². The molecule has 0 heterocycles. The fraction of sp³-hybridized carbons (Fsp3) is 0.179. The number of hydrogen-bond acceptors (Lipinski definition) is 5. The predicted molar refractivity (Wildman–Crippen MR) is 141 cm³/mol. The Hall–Kier alpha value is -4.28. The Morgan fingerprint density at radius 1 is 0.972 bits per heavy atom. The molecular weight excluding hydrogens is 478 g/mol. The topological polar surface area (TPSA) is 100 Å². The summed E-state index contributed by atoms with van der Waals surface area (Å²) in [5, 5.41) is 15.3. The predicted octanol–water partition coefficient (Wildman–Crippen LogP) is 5.92. The van der Waals surface area contributed by atoms with E-state index in [2.05, 4.69) is 10.6 Å². The van der Waals surface area contributed by atoms with Crippen LogP contribution in [0, 0.1) is 25.2 Å². The van der Waals surface area contributed by atoms with Crippen LogP contribution in [0.1, 0.15) is 23.6 Å².